The molecule has 0 fully saturated rings. The monoisotopic (exact) mass is 275 g/mol. The fraction of sp³-hybridized carbons (Fsp3) is 0.667. The van der Waals surface area contributed by atoms with Gasteiger partial charge in [0.2, 0.25) is 0 Å². The minimum Gasteiger partial charge on any atom is -0.383 e. The van der Waals surface area contributed by atoms with E-state index >= 15 is 0 Å². The lowest BCUT2D eigenvalue weighted by Gasteiger charge is -2.26. The van der Waals surface area contributed by atoms with Crippen molar-refractivity contribution in [1.82, 2.24) is 5.32 Å². The van der Waals surface area contributed by atoms with Crippen LogP contribution in [0.4, 0.5) is 0 Å². The second-order valence-electron chi connectivity index (χ2n) is 6.17. The quantitative estimate of drug-likeness (QED) is 0.729. The molecule has 1 aromatic rings. The number of hydrogen-bond donors (Lipinski definition) is 1. The van der Waals surface area contributed by atoms with Crippen LogP contribution in [-0.4, -0.2) is 26.8 Å². The van der Waals surface area contributed by atoms with Crippen LogP contribution in [0.3, 0.4) is 0 Å². The Morgan fingerprint density at radius 2 is 2.20 bits per heavy atom. The first-order chi connectivity index (χ1) is 9.81. The third kappa shape index (κ3) is 4.60. The smallest absolute Gasteiger partial charge is 0.0587 e. The van der Waals surface area contributed by atoms with Crippen LogP contribution >= 0.6 is 0 Å². The molecular weight excluding hydrogens is 246 g/mol. The summed E-state index contributed by atoms with van der Waals surface area (Å²) in [6.07, 6.45) is 6.67. The van der Waals surface area contributed by atoms with Gasteiger partial charge in [-0.2, -0.15) is 0 Å². The first-order valence-corrected chi connectivity index (χ1v) is 8.08. The second-order valence-corrected chi connectivity index (χ2v) is 6.17. The molecule has 112 valence electrons. The maximum atomic E-state index is 5.06. The summed E-state index contributed by atoms with van der Waals surface area (Å²) in [4.78, 5) is 0. The predicted octanol–water partition coefficient (Wildman–Crippen LogP) is 3.76. The zero-order valence-electron chi connectivity index (χ0n) is 13.0. The zero-order valence-corrected chi connectivity index (χ0v) is 13.0. The molecule has 0 aliphatic heterocycles. The molecule has 0 amide bonds. The largest absolute Gasteiger partial charge is 0.383 e. The second kappa shape index (κ2) is 8.43. The molecule has 1 aliphatic rings. The third-order valence-corrected chi connectivity index (χ3v) is 4.48. The van der Waals surface area contributed by atoms with Crippen LogP contribution in [-0.2, 0) is 11.2 Å². The van der Waals surface area contributed by atoms with Gasteiger partial charge in [0.15, 0.2) is 0 Å². The van der Waals surface area contributed by atoms with Crippen LogP contribution in [0.5, 0.6) is 0 Å². The molecule has 1 N–H and O–H groups in total. The Morgan fingerprint density at radius 3 is 3.05 bits per heavy atom. The van der Waals surface area contributed by atoms with Gasteiger partial charge in [0.25, 0.3) is 0 Å². The Labute approximate surface area is 123 Å². The van der Waals surface area contributed by atoms with Gasteiger partial charge in [-0.3, -0.25) is 0 Å². The first kappa shape index (κ1) is 15.5. The summed E-state index contributed by atoms with van der Waals surface area (Å²) in [7, 11) is 1.76. The van der Waals surface area contributed by atoms with Crippen LogP contribution in [0.2, 0.25) is 0 Å². The molecule has 0 bridgehead atoms. The van der Waals surface area contributed by atoms with Gasteiger partial charge in [0, 0.05) is 13.7 Å². The molecule has 0 heterocycles. The molecule has 2 unspecified atom stereocenters. The fourth-order valence-electron chi connectivity index (χ4n) is 3.26. The number of fused-ring (bicyclic) bond motifs is 1. The van der Waals surface area contributed by atoms with E-state index in [0.29, 0.717) is 0 Å². The number of hydrogen-bond acceptors (Lipinski definition) is 2. The molecule has 2 rings (SSSR count). The van der Waals surface area contributed by atoms with Gasteiger partial charge in [-0.1, -0.05) is 31.2 Å². The summed E-state index contributed by atoms with van der Waals surface area (Å²) in [5.74, 6) is 1.54. The Hall–Kier alpha value is -0.860. The van der Waals surface area contributed by atoms with Crippen LogP contribution in [0.25, 0.3) is 0 Å². The predicted molar refractivity (Wildman–Crippen MR) is 85.3 cm³/mol. The van der Waals surface area contributed by atoms with Crippen LogP contribution in [0.15, 0.2) is 24.3 Å². The van der Waals surface area contributed by atoms with E-state index in [9.17, 15) is 0 Å². The molecule has 0 saturated heterocycles. The molecule has 0 radical (unpaired) electrons. The highest BCUT2D eigenvalue weighted by Crippen LogP contribution is 2.35. The normalized spacial score (nSPS) is 19.6. The summed E-state index contributed by atoms with van der Waals surface area (Å²) >= 11 is 0. The standard InChI is InChI=1S/C18H29NO/c1-15(14-19-12-13-20-2)10-11-17-8-5-7-16-6-3-4-9-18(16)17/h3-4,6,9,15,17,19H,5,7-8,10-14H2,1-2H3. The molecule has 1 aliphatic carbocycles. The number of methoxy groups -OCH3 is 1. The van der Waals surface area contributed by atoms with E-state index in [2.05, 4.69) is 36.5 Å². The van der Waals surface area contributed by atoms with Crippen LogP contribution in [0.1, 0.15) is 49.7 Å². The van der Waals surface area contributed by atoms with Crippen molar-refractivity contribution in [2.75, 3.05) is 26.8 Å². The zero-order chi connectivity index (χ0) is 14.2. The summed E-state index contributed by atoms with van der Waals surface area (Å²) in [6, 6.07) is 9.05. The summed E-state index contributed by atoms with van der Waals surface area (Å²) < 4.78 is 5.06. The highest BCUT2D eigenvalue weighted by atomic mass is 16.5. The average molecular weight is 275 g/mol. The highest BCUT2D eigenvalue weighted by molar-refractivity contribution is 5.32. The van der Waals surface area contributed by atoms with Crippen molar-refractivity contribution in [2.24, 2.45) is 5.92 Å². The first-order valence-electron chi connectivity index (χ1n) is 8.08. The maximum Gasteiger partial charge on any atom is 0.0587 e. The van der Waals surface area contributed by atoms with Gasteiger partial charge in [0.05, 0.1) is 6.61 Å². The van der Waals surface area contributed by atoms with E-state index < -0.39 is 0 Å². The van der Waals surface area contributed by atoms with E-state index in [4.69, 9.17) is 4.74 Å². The van der Waals surface area contributed by atoms with Gasteiger partial charge in [0.1, 0.15) is 0 Å². The molecule has 2 nitrogen and oxygen atoms in total. The van der Waals surface area contributed by atoms with Gasteiger partial charge in [-0.05, 0) is 61.6 Å². The third-order valence-electron chi connectivity index (χ3n) is 4.48. The number of rotatable bonds is 8. The van der Waals surface area contributed by atoms with E-state index in [1.807, 2.05) is 0 Å². The lowest BCUT2D eigenvalue weighted by molar-refractivity contribution is 0.197. The number of aryl methyl sites for hydroxylation is 1. The number of benzene rings is 1. The molecule has 20 heavy (non-hydrogen) atoms. The highest BCUT2D eigenvalue weighted by Gasteiger charge is 2.19. The van der Waals surface area contributed by atoms with Crippen molar-refractivity contribution in [3.05, 3.63) is 35.4 Å². The van der Waals surface area contributed by atoms with Crippen molar-refractivity contribution in [3.8, 4) is 0 Å². The fourth-order valence-corrected chi connectivity index (χ4v) is 3.26. The lowest BCUT2D eigenvalue weighted by Crippen LogP contribution is -2.25. The molecule has 2 atom stereocenters. The number of ether oxygens (including phenoxy) is 1. The van der Waals surface area contributed by atoms with Gasteiger partial charge < -0.3 is 10.1 Å². The van der Waals surface area contributed by atoms with Crippen molar-refractivity contribution >= 4 is 0 Å². The van der Waals surface area contributed by atoms with Crippen LogP contribution in [0, 0.1) is 5.92 Å². The minimum absolute atomic E-state index is 0.751. The topological polar surface area (TPSA) is 21.3 Å². The van der Waals surface area contributed by atoms with Gasteiger partial charge in [-0.15, -0.1) is 0 Å². The number of nitrogens with one attached hydrogen (secondary N) is 1. The van der Waals surface area contributed by atoms with Crippen molar-refractivity contribution in [3.63, 3.8) is 0 Å². The van der Waals surface area contributed by atoms with E-state index in [1.54, 1.807) is 18.2 Å². The van der Waals surface area contributed by atoms with Crippen LogP contribution < -0.4 is 5.32 Å². The molecule has 2 heteroatoms. The molecule has 0 saturated carbocycles. The Morgan fingerprint density at radius 1 is 1.35 bits per heavy atom. The van der Waals surface area contributed by atoms with E-state index in [1.165, 1.54) is 32.1 Å². The molecule has 0 spiro atoms. The van der Waals surface area contributed by atoms with E-state index in [0.717, 1.165) is 31.5 Å². The van der Waals surface area contributed by atoms with Crippen molar-refractivity contribution in [1.29, 1.82) is 0 Å². The molecule has 1 aromatic carbocycles. The van der Waals surface area contributed by atoms with Gasteiger partial charge in [-0.25, -0.2) is 0 Å². The van der Waals surface area contributed by atoms with Crippen molar-refractivity contribution in [2.45, 2.75) is 44.9 Å². The van der Waals surface area contributed by atoms with Gasteiger partial charge >= 0.3 is 0 Å². The molecule has 0 aromatic heterocycles. The SMILES string of the molecule is COCCNCC(C)CCC1CCCc2ccccc21. The summed E-state index contributed by atoms with van der Waals surface area (Å²) in [6.45, 7) is 5.24. The lowest BCUT2D eigenvalue weighted by atomic mass is 9.79. The van der Waals surface area contributed by atoms with Crippen molar-refractivity contribution < 1.29 is 4.74 Å². The Bertz CT molecular complexity index is 391. The minimum atomic E-state index is 0.751. The Balaban J connectivity index is 1.74. The maximum absolute atomic E-state index is 5.06. The average Bonchev–Trinajstić information content (AvgIpc) is 2.49. The summed E-state index contributed by atoms with van der Waals surface area (Å²) in [5, 5.41) is 3.47. The summed E-state index contributed by atoms with van der Waals surface area (Å²) in [5.41, 5.74) is 3.22. The molecular formula is C18H29NO. The van der Waals surface area contributed by atoms with E-state index in [-0.39, 0.29) is 0 Å². The Kier molecular flexibility index (Phi) is 6.55.